The summed E-state index contributed by atoms with van der Waals surface area (Å²) in [6.45, 7) is 1.66. The second-order valence-electron chi connectivity index (χ2n) is 6.76. The number of oxime groups is 1. The van der Waals surface area contributed by atoms with Crippen molar-refractivity contribution in [2.45, 2.75) is 36.2 Å². The average molecular weight is 497 g/mol. The molecule has 0 spiro atoms. The summed E-state index contributed by atoms with van der Waals surface area (Å²) in [6, 6.07) is -1.52. The molecule has 7 N–H and O–H groups in total. The Morgan fingerprint density at radius 2 is 2.03 bits per heavy atom. The summed E-state index contributed by atoms with van der Waals surface area (Å²) >= 11 is 3.33. The molecule has 0 saturated carbocycles. The monoisotopic (exact) mass is 496 g/mol. The fourth-order valence-corrected chi connectivity index (χ4v) is 6.09. The van der Waals surface area contributed by atoms with Gasteiger partial charge >= 0.3 is 5.97 Å². The zero-order valence-electron chi connectivity index (χ0n) is 16.3. The fourth-order valence-electron chi connectivity index (χ4n) is 3.54. The molecule has 1 fully saturated rings. The number of thioether (sulfide) groups is 1. The molecule has 0 radical (unpaired) electrons. The van der Waals surface area contributed by atoms with Crippen LogP contribution in [0.1, 0.15) is 23.4 Å². The maximum Gasteiger partial charge on any atom is 0.353 e. The first-order valence-electron chi connectivity index (χ1n) is 9.03. The van der Waals surface area contributed by atoms with Gasteiger partial charge in [-0.05, 0) is 19.8 Å². The molecule has 0 unspecified atom stereocenters. The summed E-state index contributed by atoms with van der Waals surface area (Å²) in [5, 5.41) is 32.6. The maximum atomic E-state index is 12.8. The first-order valence-corrected chi connectivity index (χ1v) is 11.5. The Morgan fingerprint density at radius 1 is 1.28 bits per heavy atom. The third-order valence-electron chi connectivity index (χ3n) is 4.87. The molecular weight excluding hydrogens is 480 g/mol. The van der Waals surface area contributed by atoms with Gasteiger partial charge in [0.15, 0.2) is 15.2 Å². The van der Waals surface area contributed by atoms with Crippen molar-refractivity contribution in [3.63, 3.8) is 0 Å². The smallest absolute Gasteiger partial charge is 0.353 e. The molecule has 0 aromatic carbocycles. The summed E-state index contributed by atoms with van der Waals surface area (Å²) in [6.07, 6.45) is 0.771. The van der Waals surface area contributed by atoms with E-state index in [1.54, 1.807) is 6.92 Å². The SMILES string of the molecule is Cc1sc(N)nc1/C(=N\O)C(=O)N[C@@H]1C(=O)N2C(C(=O)O)=C(Sc3nnc(N)s3)CC[C@H]12. The second kappa shape index (κ2) is 8.36. The number of nitrogens with two attached hydrogens (primary N) is 2. The van der Waals surface area contributed by atoms with Crippen LogP contribution in [0.15, 0.2) is 20.1 Å². The molecule has 4 heterocycles. The van der Waals surface area contributed by atoms with E-state index in [0.29, 0.717) is 27.0 Å². The number of β-lactam (4-membered cyclic amide) rings is 1. The maximum absolute atomic E-state index is 12.8. The molecule has 168 valence electrons. The van der Waals surface area contributed by atoms with Gasteiger partial charge in [0.05, 0.1) is 6.04 Å². The van der Waals surface area contributed by atoms with E-state index in [-0.39, 0.29) is 27.4 Å². The van der Waals surface area contributed by atoms with Crippen molar-refractivity contribution in [3.8, 4) is 0 Å². The Labute approximate surface area is 192 Å². The van der Waals surface area contributed by atoms with Crippen LogP contribution in [0.2, 0.25) is 0 Å². The highest BCUT2D eigenvalue weighted by atomic mass is 32.2. The van der Waals surface area contributed by atoms with Crippen LogP contribution in [-0.2, 0) is 14.4 Å². The standard InChI is InChI=1S/C16H16N8O5S3/c1-4-7(20-14(17)30-4)9(23-29)11(25)19-8-5-2-3-6(31-16-22-21-15(18)32-16)10(13(27)28)24(5)12(8)26/h5,8,29H,2-3H2,1H3,(H2,17,20)(H2,18,21)(H,19,25)(H,27,28)/b23-9+/t5-,8+/m1/s1. The molecule has 2 amide bonds. The lowest BCUT2D eigenvalue weighted by atomic mass is 9.86. The van der Waals surface area contributed by atoms with Crippen LogP contribution < -0.4 is 16.8 Å². The van der Waals surface area contributed by atoms with E-state index in [2.05, 4.69) is 25.7 Å². The number of anilines is 2. The number of hydrogen-bond acceptors (Lipinski definition) is 13. The predicted molar refractivity (Wildman–Crippen MR) is 116 cm³/mol. The Morgan fingerprint density at radius 3 is 2.59 bits per heavy atom. The van der Waals surface area contributed by atoms with Gasteiger partial charge in [0.25, 0.3) is 11.8 Å². The number of nitrogens with zero attached hydrogens (tertiary/aromatic N) is 5. The van der Waals surface area contributed by atoms with Crippen LogP contribution in [0, 0.1) is 6.92 Å². The van der Waals surface area contributed by atoms with Gasteiger partial charge in [0, 0.05) is 9.78 Å². The number of hydrogen-bond donors (Lipinski definition) is 5. The van der Waals surface area contributed by atoms with Gasteiger partial charge in [-0.15, -0.1) is 21.5 Å². The van der Waals surface area contributed by atoms with Crippen molar-refractivity contribution in [1.29, 1.82) is 0 Å². The number of carboxylic acids is 1. The Bertz CT molecular complexity index is 1190. The van der Waals surface area contributed by atoms with Crippen LogP contribution in [0.3, 0.4) is 0 Å². The number of thiazole rings is 1. The Kier molecular flexibility index (Phi) is 5.74. The van der Waals surface area contributed by atoms with Gasteiger partial charge in [-0.1, -0.05) is 28.3 Å². The first kappa shape index (κ1) is 22.0. The lowest BCUT2D eigenvalue weighted by Gasteiger charge is -2.49. The van der Waals surface area contributed by atoms with E-state index in [4.69, 9.17) is 11.5 Å². The van der Waals surface area contributed by atoms with Gasteiger partial charge in [-0.2, -0.15) is 0 Å². The number of carbonyl (C=O) groups excluding carboxylic acids is 2. The summed E-state index contributed by atoms with van der Waals surface area (Å²) in [7, 11) is 0. The number of carbonyl (C=O) groups is 3. The lowest BCUT2D eigenvalue weighted by Crippen LogP contribution is -2.72. The van der Waals surface area contributed by atoms with Gasteiger partial charge in [-0.25, -0.2) is 9.78 Å². The highest BCUT2D eigenvalue weighted by Crippen LogP contribution is 2.43. The van der Waals surface area contributed by atoms with Crippen LogP contribution >= 0.6 is 34.4 Å². The molecule has 13 nitrogen and oxygen atoms in total. The molecule has 2 aliphatic heterocycles. The lowest BCUT2D eigenvalue weighted by molar-refractivity contribution is -0.155. The highest BCUT2D eigenvalue weighted by Gasteiger charge is 2.54. The number of aryl methyl sites for hydroxylation is 1. The van der Waals surface area contributed by atoms with Crippen molar-refractivity contribution in [2.75, 3.05) is 11.5 Å². The summed E-state index contributed by atoms with van der Waals surface area (Å²) in [4.78, 5) is 43.6. The van der Waals surface area contributed by atoms with Crippen LogP contribution in [-0.4, -0.2) is 66.0 Å². The van der Waals surface area contributed by atoms with Gasteiger partial charge in [0.2, 0.25) is 5.13 Å². The van der Waals surface area contributed by atoms with Crippen molar-refractivity contribution in [1.82, 2.24) is 25.4 Å². The Hall–Kier alpha value is -3.24. The normalized spacial score (nSPS) is 20.7. The number of rotatable bonds is 6. The number of amides is 2. The molecule has 2 aliphatic rings. The van der Waals surface area contributed by atoms with E-state index in [9.17, 15) is 24.7 Å². The molecule has 2 aromatic rings. The molecule has 2 atom stereocenters. The number of nitrogens with one attached hydrogen (secondary N) is 1. The van der Waals surface area contributed by atoms with E-state index >= 15 is 0 Å². The second-order valence-corrected chi connectivity index (χ2v) is 10.3. The Balaban J connectivity index is 1.53. The molecule has 4 rings (SSSR count). The highest BCUT2D eigenvalue weighted by molar-refractivity contribution is 8.04. The molecule has 2 aromatic heterocycles. The van der Waals surface area contributed by atoms with E-state index in [1.165, 1.54) is 0 Å². The molecule has 1 saturated heterocycles. The van der Waals surface area contributed by atoms with Gasteiger partial charge < -0.3 is 27.1 Å². The number of carboxylic acid groups (broad SMARTS) is 1. The number of fused-ring (bicyclic) bond motifs is 1. The zero-order chi connectivity index (χ0) is 23.2. The average Bonchev–Trinajstić information content (AvgIpc) is 3.30. The molecular formula is C16H16N8O5S3. The van der Waals surface area contributed by atoms with Crippen molar-refractivity contribution < 1.29 is 24.7 Å². The molecule has 0 aliphatic carbocycles. The predicted octanol–water partition coefficient (Wildman–Crippen LogP) is 0.224. The zero-order valence-corrected chi connectivity index (χ0v) is 18.8. The van der Waals surface area contributed by atoms with E-state index in [0.717, 1.165) is 39.3 Å². The van der Waals surface area contributed by atoms with Crippen molar-refractivity contribution >= 4 is 68.2 Å². The van der Waals surface area contributed by atoms with Gasteiger partial charge in [0.1, 0.15) is 17.4 Å². The quantitative estimate of drug-likeness (QED) is 0.158. The third kappa shape index (κ3) is 3.76. The summed E-state index contributed by atoms with van der Waals surface area (Å²) < 4.78 is 0.467. The minimum absolute atomic E-state index is 0.112. The topological polar surface area (TPSA) is 210 Å². The van der Waals surface area contributed by atoms with Crippen molar-refractivity contribution in [2.24, 2.45) is 5.16 Å². The number of nitrogen functional groups attached to an aromatic ring is 2. The van der Waals surface area contributed by atoms with E-state index < -0.39 is 29.9 Å². The molecule has 0 bridgehead atoms. The molecule has 16 heteroatoms. The van der Waals surface area contributed by atoms with Crippen molar-refractivity contribution in [3.05, 3.63) is 21.2 Å². The number of aromatic nitrogens is 3. The minimum atomic E-state index is -1.26. The van der Waals surface area contributed by atoms with Crippen LogP contribution in [0.4, 0.5) is 10.3 Å². The van der Waals surface area contributed by atoms with Crippen LogP contribution in [0.25, 0.3) is 0 Å². The first-order chi connectivity index (χ1) is 15.2. The molecule has 32 heavy (non-hydrogen) atoms. The summed E-state index contributed by atoms with van der Waals surface area (Å²) in [5.74, 6) is -2.66. The third-order valence-corrected chi connectivity index (χ3v) is 7.61. The summed E-state index contributed by atoms with van der Waals surface area (Å²) in [5.41, 5.74) is 10.8. The van der Waals surface area contributed by atoms with Crippen LogP contribution in [0.5, 0.6) is 0 Å². The fraction of sp³-hybridized carbons (Fsp3) is 0.312. The van der Waals surface area contributed by atoms with E-state index in [1.807, 2.05) is 0 Å². The number of allylic oxidation sites excluding steroid dienone is 1. The minimum Gasteiger partial charge on any atom is -0.477 e. The number of aliphatic carboxylic acids is 1. The van der Waals surface area contributed by atoms with Gasteiger partial charge in [-0.3, -0.25) is 14.5 Å². The largest absolute Gasteiger partial charge is 0.477 e.